The minimum atomic E-state index is 0.317. The third kappa shape index (κ3) is 4.69. The van der Waals surface area contributed by atoms with E-state index in [-0.39, 0.29) is 0 Å². The summed E-state index contributed by atoms with van der Waals surface area (Å²) in [5.41, 5.74) is 1.15. The van der Waals surface area contributed by atoms with Gasteiger partial charge < -0.3 is 15.4 Å². The predicted octanol–water partition coefficient (Wildman–Crippen LogP) is 2.23. The summed E-state index contributed by atoms with van der Waals surface area (Å²) in [4.78, 5) is 4.21. The first-order valence-electron chi connectivity index (χ1n) is 7.09. The fraction of sp³-hybridized carbons (Fsp3) is 0.533. The molecule has 1 aliphatic heterocycles. The van der Waals surface area contributed by atoms with Gasteiger partial charge in [0.1, 0.15) is 0 Å². The molecule has 1 saturated heterocycles. The molecule has 1 heterocycles. The lowest BCUT2D eigenvalue weighted by Crippen LogP contribution is -2.41. The quantitative estimate of drug-likeness (QED) is 0.647. The number of benzene rings is 1. The molecule has 1 aromatic rings. The Morgan fingerprint density at radius 2 is 2.25 bits per heavy atom. The molecule has 1 aliphatic rings. The van der Waals surface area contributed by atoms with Crippen LogP contribution < -0.4 is 10.6 Å². The zero-order chi connectivity index (χ0) is 14.2. The van der Waals surface area contributed by atoms with Crippen LogP contribution in [0.5, 0.6) is 0 Å². The van der Waals surface area contributed by atoms with E-state index in [9.17, 15) is 0 Å². The van der Waals surface area contributed by atoms with E-state index < -0.39 is 0 Å². The fourth-order valence-corrected chi connectivity index (χ4v) is 2.48. The summed E-state index contributed by atoms with van der Waals surface area (Å²) in [5, 5.41) is 7.40. The van der Waals surface area contributed by atoms with E-state index in [0.29, 0.717) is 6.10 Å². The smallest absolute Gasteiger partial charge is 0.191 e. The monoisotopic (exact) mass is 295 g/mol. The summed E-state index contributed by atoms with van der Waals surface area (Å²) in [6, 6.07) is 7.92. The van der Waals surface area contributed by atoms with Crippen molar-refractivity contribution >= 4 is 17.6 Å². The molecule has 0 aliphatic carbocycles. The van der Waals surface area contributed by atoms with Gasteiger partial charge in [-0.1, -0.05) is 29.8 Å². The first-order valence-corrected chi connectivity index (χ1v) is 7.47. The number of halogens is 1. The maximum Gasteiger partial charge on any atom is 0.191 e. The fourth-order valence-electron chi connectivity index (χ4n) is 2.25. The lowest BCUT2D eigenvalue weighted by atomic mass is 10.1. The van der Waals surface area contributed by atoms with Crippen LogP contribution in [0.1, 0.15) is 18.4 Å². The van der Waals surface area contributed by atoms with Gasteiger partial charge in [-0.3, -0.25) is 4.99 Å². The van der Waals surface area contributed by atoms with Crippen LogP contribution >= 0.6 is 11.6 Å². The molecule has 4 nitrogen and oxygen atoms in total. The van der Waals surface area contributed by atoms with E-state index in [0.717, 1.165) is 55.5 Å². The van der Waals surface area contributed by atoms with Gasteiger partial charge in [-0.15, -0.1) is 0 Å². The van der Waals surface area contributed by atoms with Gasteiger partial charge in [0.05, 0.1) is 6.10 Å². The maximum absolute atomic E-state index is 6.13. The highest BCUT2D eigenvalue weighted by Gasteiger charge is 2.15. The van der Waals surface area contributed by atoms with Crippen molar-refractivity contribution in [1.82, 2.24) is 10.6 Å². The third-order valence-corrected chi connectivity index (χ3v) is 3.76. The number of guanidine groups is 1. The molecule has 1 unspecified atom stereocenters. The van der Waals surface area contributed by atoms with Gasteiger partial charge in [0, 0.05) is 31.8 Å². The van der Waals surface area contributed by atoms with Gasteiger partial charge >= 0.3 is 0 Å². The second kappa shape index (κ2) is 8.12. The van der Waals surface area contributed by atoms with Gasteiger partial charge in [0.15, 0.2) is 5.96 Å². The van der Waals surface area contributed by atoms with Gasteiger partial charge in [-0.2, -0.15) is 0 Å². The normalized spacial score (nSPS) is 19.1. The summed E-state index contributed by atoms with van der Waals surface area (Å²) in [5.74, 6) is 0.813. The summed E-state index contributed by atoms with van der Waals surface area (Å²) >= 11 is 6.13. The number of nitrogens with one attached hydrogen (secondary N) is 2. The Kier molecular flexibility index (Phi) is 6.15. The van der Waals surface area contributed by atoms with Crippen molar-refractivity contribution in [2.24, 2.45) is 4.99 Å². The second-order valence-corrected chi connectivity index (χ2v) is 5.26. The van der Waals surface area contributed by atoms with E-state index in [2.05, 4.69) is 15.6 Å². The Morgan fingerprint density at radius 1 is 1.40 bits per heavy atom. The SMILES string of the molecule is CN=C(NCCc1ccccc1Cl)NCC1CCCO1. The molecule has 1 atom stereocenters. The van der Waals surface area contributed by atoms with Gasteiger partial charge in [0.2, 0.25) is 0 Å². The minimum Gasteiger partial charge on any atom is -0.376 e. The third-order valence-electron chi connectivity index (χ3n) is 3.39. The lowest BCUT2D eigenvalue weighted by Gasteiger charge is -2.15. The average Bonchev–Trinajstić information content (AvgIpc) is 2.98. The molecule has 0 spiro atoms. The molecule has 20 heavy (non-hydrogen) atoms. The Morgan fingerprint density at radius 3 is 2.95 bits per heavy atom. The lowest BCUT2D eigenvalue weighted by molar-refractivity contribution is 0.114. The molecule has 2 rings (SSSR count). The Labute approximate surface area is 125 Å². The molecule has 1 fully saturated rings. The maximum atomic E-state index is 6.13. The molecule has 5 heteroatoms. The highest BCUT2D eigenvalue weighted by molar-refractivity contribution is 6.31. The van der Waals surface area contributed by atoms with Crippen molar-refractivity contribution in [1.29, 1.82) is 0 Å². The largest absolute Gasteiger partial charge is 0.376 e. The molecule has 1 aromatic carbocycles. The van der Waals surface area contributed by atoms with E-state index in [1.807, 2.05) is 24.3 Å². The van der Waals surface area contributed by atoms with Crippen LogP contribution in [-0.2, 0) is 11.2 Å². The summed E-state index contributed by atoms with van der Waals surface area (Å²) in [6.45, 7) is 2.49. The average molecular weight is 296 g/mol. The van der Waals surface area contributed by atoms with E-state index >= 15 is 0 Å². The molecule has 0 amide bonds. The van der Waals surface area contributed by atoms with Crippen LogP contribution in [0.3, 0.4) is 0 Å². The number of rotatable bonds is 5. The molecule has 110 valence electrons. The number of hydrogen-bond donors (Lipinski definition) is 2. The molecule has 0 saturated carbocycles. The number of ether oxygens (including phenoxy) is 1. The standard InChI is InChI=1S/C15H22ClN3O/c1-17-15(19-11-13-6-4-10-20-13)18-9-8-12-5-2-3-7-14(12)16/h2-3,5,7,13H,4,6,8-11H2,1H3,(H2,17,18,19). The van der Waals surface area contributed by atoms with Gasteiger partial charge in [-0.25, -0.2) is 0 Å². The van der Waals surface area contributed by atoms with E-state index in [1.165, 1.54) is 0 Å². The van der Waals surface area contributed by atoms with Crippen molar-refractivity contribution < 1.29 is 4.74 Å². The zero-order valence-corrected chi connectivity index (χ0v) is 12.6. The van der Waals surface area contributed by atoms with Gasteiger partial charge in [-0.05, 0) is 30.9 Å². The van der Waals surface area contributed by atoms with Crippen LogP contribution in [0.4, 0.5) is 0 Å². The summed E-state index contributed by atoms with van der Waals surface area (Å²) in [7, 11) is 1.78. The van der Waals surface area contributed by atoms with Crippen LogP contribution in [0.15, 0.2) is 29.3 Å². The van der Waals surface area contributed by atoms with Crippen molar-refractivity contribution in [3.05, 3.63) is 34.9 Å². The number of nitrogens with zero attached hydrogens (tertiary/aromatic N) is 1. The molecular formula is C15H22ClN3O. The number of hydrogen-bond acceptors (Lipinski definition) is 2. The first kappa shape index (κ1) is 15.1. The zero-order valence-electron chi connectivity index (χ0n) is 11.9. The Balaban J connectivity index is 1.70. The highest BCUT2D eigenvalue weighted by Crippen LogP contribution is 2.14. The number of aliphatic imine (C=N–C) groups is 1. The summed E-state index contributed by atoms with van der Waals surface area (Å²) in [6.07, 6.45) is 3.48. The second-order valence-electron chi connectivity index (χ2n) is 4.86. The van der Waals surface area contributed by atoms with Crippen LogP contribution in [0.2, 0.25) is 5.02 Å². The topological polar surface area (TPSA) is 45.7 Å². The highest BCUT2D eigenvalue weighted by atomic mass is 35.5. The predicted molar refractivity (Wildman–Crippen MR) is 83.5 cm³/mol. The van der Waals surface area contributed by atoms with Crippen LogP contribution in [0, 0.1) is 0 Å². The molecule has 2 N–H and O–H groups in total. The molecular weight excluding hydrogens is 274 g/mol. The van der Waals surface area contributed by atoms with E-state index in [1.54, 1.807) is 7.05 Å². The van der Waals surface area contributed by atoms with Crippen LogP contribution in [0.25, 0.3) is 0 Å². The molecule has 0 radical (unpaired) electrons. The van der Waals surface area contributed by atoms with Crippen molar-refractivity contribution in [3.8, 4) is 0 Å². The molecule has 0 aromatic heterocycles. The first-order chi connectivity index (χ1) is 9.79. The summed E-state index contributed by atoms with van der Waals surface area (Å²) < 4.78 is 5.57. The minimum absolute atomic E-state index is 0.317. The van der Waals surface area contributed by atoms with Crippen LogP contribution in [-0.4, -0.2) is 38.8 Å². The Bertz CT molecular complexity index is 444. The van der Waals surface area contributed by atoms with Crippen molar-refractivity contribution in [2.45, 2.75) is 25.4 Å². The van der Waals surface area contributed by atoms with E-state index in [4.69, 9.17) is 16.3 Å². The van der Waals surface area contributed by atoms with Crippen molar-refractivity contribution in [2.75, 3.05) is 26.7 Å². The van der Waals surface area contributed by atoms with Crippen molar-refractivity contribution in [3.63, 3.8) is 0 Å². The Hall–Kier alpha value is -1.26. The molecule has 0 bridgehead atoms. The van der Waals surface area contributed by atoms with Gasteiger partial charge in [0.25, 0.3) is 0 Å².